The van der Waals surface area contributed by atoms with Crippen LogP contribution in [0, 0.1) is 6.92 Å². The van der Waals surface area contributed by atoms with Gasteiger partial charge in [-0.3, -0.25) is 4.79 Å². The van der Waals surface area contributed by atoms with Crippen molar-refractivity contribution < 1.29 is 9.21 Å². The van der Waals surface area contributed by atoms with Crippen molar-refractivity contribution in [2.45, 2.75) is 6.92 Å². The summed E-state index contributed by atoms with van der Waals surface area (Å²) in [6, 6.07) is 17.8. The molecule has 0 atom stereocenters. The average Bonchev–Trinajstić information content (AvgIpc) is 3.07. The van der Waals surface area contributed by atoms with Crippen LogP contribution in [-0.2, 0) is 0 Å². The monoisotopic (exact) mass is 396 g/mol. The summed E-state index contributed by atoms with van der Waals surface area (Å²) in [5.74, 6) is 0.186. The molecule has 0 aliphatic rings. The topological polar surface area (TPSA) is 55.1 Å². The second kappa shape index (κ2) is 7.06. The van der Waals surface area contributed by atoms with Crippen LogP contribution < -0.4 is 5.32 Å². The van der Waals surface area contributed by atoms with Gasteiger partial charge in [-0.05, 0) is 55.0 Å². The van der Waals surface area contributed by atoms with Crippen LogP contribution in [0.25, 0.3) is 22.6 Å². The molecule has 0 unspecified atom stereocenters. The van der Waals surface area contributed by atoms with Gasteiger partial charge >= 0.3 is 0 Å². The number of anilines is 1. The fourth-order valence-electron chi connectivity index (χ4n) is 2.75. The predicted molar refractivity (Wildman–Crippen MR) is 109 cm³/mol. The highest BCUT2D eigenvalue weighted by molar-refractivity contribution is 6.34. The third-order valence-electron chi connectivity index (χ3n) is 4.20. The van der Waals surface area contributed by atoms with E-state index in [4.69, 9.17) is 27.6 Å². The summed E-state index contributed by atoms with van der Waals surface area (Å²) in [6.45, 7) is 1.91. The second-order valence-electron chi connectivity index (χ2n) is 6.09. The van der Waals surface area contributed by atoms with E-state index in [1.165, 1.54) is 0 Å². The molecular weight excluding hydrogens is 383 g/mol. The van der Waals surface area contributed by atoms with Crippen molar-refractivity contribution in [2.75, 3.05) is 5.32 Å². The summed E-state index contributed by atoms with van der Waals surface area (Å²) in [5, 5.41) is 3.91. The van der Waals surface area contributed by atoms with E-state index in [0.29, 0.717) is 38.3 Å². The van der Waals surface area contributed by atoms with E-state index in [9.17, 15) is 4.79 Å². The molecule has 1 aromatic heterocycles. The van der Waals surface area contributed by atoms with Crippen LogP contribution in [0.15, 0.2) is 65.1 Å². The van der Waals surface area contributed by atoms with Gasteiger partial charge in [0.2, 0.25) is 5.89 Å². The van der Waals surface area contributed by atoms with E-state index in [-0.39, 0.29) is 5.91 Å². The Morgan fingerprint density at radius 3 is 2.67 bits per heavy atom. The zero-order valence-electron chi connectivity index (χ0n) is 14.3. The second-order valence-corrected chi connectivity index (χ2v) is 6.94. The van der Waals surface area contributed by atoms with Gasteiger partial charge in [0.1, 0.15) is 5.52 Å². The number of carbonyl (C=O) groups excluding carboxylic acids is 1. The third-order valence-corrected chi connectivity index (χ3v) is 4.77. The molecule has 4 aromatic rings. The summed E-state index contributed by atoms with van der Waals surface area (Å²) in [7, 11) is 0. The lowest BCUT2D eigenvalue weighted by atomic mass is 10.1. The molecule has 0 spiro atoms. The minimum absolute atomic E-state index is 0.273. The van der Waals surface area contributed by atoms with Crippen molar-refractivity contribution in [2.24, 2.45) is 0 Å². The van der Waals surface area contributed by atoms with Gasteiger partial charge in [0.25, 0.3) is 5.91 Å². The van der Waals surface area contributed by atoms with Crippen molar-refractivity contribution in [1.82, 2.24) is 4.98 Å². The van der Waals surface area contributed by atoms with E-state index in [1.807, 2.05) is 25.1 Å². The summed E-state index contributed by atoms with van der Waals surface area (Å²) in [5.41, 5.74) is 4.08. The largest absolute Gasteiger partial charge is 0.436 e. The first-order chi connectivity index (χ1) is 13.0. The number of aromatic nitrogens is 1. The number of hydrogen-bond acceptors (Lipinski definition) is 3. The van der Waals surface area contributed by atoms with Crippen LogP contribution in [0.3, 0.4) is 0 Å². The molecule has 6 heteroatoms. The van der Waals surface area contributed by atoms with Crippen LogP contribution in [0.4, 0.5) is 5.69 Å². The summed E-state index contributed by atoms with van der Waals surface area (Å²) >= 11 is 12.1. The zero-order valence-corrected chi connectivity index (χ0v) is 15.8. The number of halogens is 2. The number of carbonyl (C=O) groups is 1. The fourth-order valence-corrected chi connectivity index (χ4v) is 3.14. The number of aryl methyl sites for hydroxylation is 1. The Bertz CT molecular complexity index is 1170. The fraction of sp³-hybridized carbons (Fsp3) is 0.0476. The lowest BCUT2D eigenvalue weighted by Gasteiger charge is -2.10. The van der Waals surface area contributed by atoms with Crippen molar-refractivity contribution >= 4 is 45.9 Å². The van der Waals surface area contributed by atoms with Gasteiger partial charge in [0, 0.05) is 16.3 Å². The molecule has 0 bridgehead atoms. The molecule has 0 saturated heterocycles. The van der Waals surface area contributed by atoms with Gasteiger partial charge in [0.05, 0.1) is 10.6 Å². The van der Waals surface area contributed by atoms with Gasteiger partial charge in [-0.1, -0.05) is 41.4 Å². The molecule has 0 fully saturated rings. The molecule has 3 aromatic carbocycles. The zero-order chi connectivity index (χ0) is 19.0. The number of hydrogen-bond donors (Lipinski definition) is 1. The third kappa shape index (κ3) is 3.54. The maximum atomic E-state index is 12.6. The molecule has 0 radical (unpaired) electrons. The van der Waals surface area contributed by atoms with Gasteiger partial charge in [-0.2, -0.15) is 0 Å². The Hall–Kier alpha value is -2.82. The normalized spacial score (nSPS) is 10.9. The molecule has 1 amide bonds. The first-order valence-corrected chi connectivity index (χ1v) is 9.00. The van der Waals surface area contributed by atoms with Crippen LogP contribution in [0.5, 0.6) is 0 Å². The number of amides is 1. The first kappa shape index (κ1) is 17.6. The van der Waals surface area contributed by atoms with Gasteiger partial charge < -0.3 is 9.73 Å². The number of benzene rings is 3. The predicted octanol–water partition coefficient (Wildman–Crippen LogP) is 6.36. The van der Waals surface area contributed by atoms with E-state index >= 15 is 0 Å². The number of nitrogens with zero attached hydrogens (tertiary/aromatic N) is 1. The van der Waals surface area contributed by atoms with E-state index < -0.39 is 0 Å². The molecular formula is C21H14Cl2N2O2. The molecule has 0 aliphatic heterocycles. The molecule has 0 saturated carbocycles. The van der Waals surface area contributed by atoms with Gasteiger partial charge in [0.15, 0.2) is 5.58 Å². The number of rotatable bonds is 3. The molecule has 4 rings (SSSR count). The maximum Gasteiger partial charge on any atom is 0.257 e. The minimum atomic E-state index is -0.273. The highest BCUT2D eigenvalue weighted by atomic mass is 35.5. The standard InChI is InChI=1S/C21H14Cl2N2O2/c1-12-6-7-13(21-25-18-11-14(22)8-9-19(18)27-21)10-17(12)24-20(26)15-4-2-3-5-16(15)23/h2-11H,1H3,(H,24,26). The molecule has 0 aliphatic carbocycles. The highest BCUT2D eigenvalue weighted by Crippen LogP contribution is 2.29. The highest BCUT2D eigenvalue weighted by Gasteiger charge is 2.14. The van der Waals surface area contributed by atoms with Crippen LogP contribution in [-0.4, -0.2) is 10.9 Å². The SMILES string of the molecule is Cc1ccc(-c2nc3cc(Cl)ccc3o2)cc1NC(=O)c1ccccc1Cl. The van der Waals surface area contributed by atoms with Crippen molar-refractivity contribution in [3.63, 3.8) is 0 Å². The Labute approximate surface area is 165 Å². The lowest BCUT2D eigenvalue weighted by molar-refractivity contribution is 0.102. The number of oxazole rings is 1. The molecule has 1 N–H and O–H groups in total. The molecule has 134 valence electrons. The van der Waals surface area contributed by atoms with Gasteiger partial charge in [-0.25, -0.2) is 4.98 Å². The first-order valence-electron chi connectivity index (χ1n) is 8.24. The summed E-state index contributed by atoms with van der Waals surface area (Å²) < 4.78 is 5.81. The van der Waals surface area contributed by atoms with E-state index in [0.717, 1.165) is 11.1 Å². The summed E-state index contributed by atoms with van der Waals surface area (Å²) in [4.78, 5) is 17.0. The smallest absolute Gasteiger partial charge is 0.257 e. The van der Waals surface area contributed by atoms with Crippen molar-refractivity contribution in [3.8, 4) is 11.5 Å². The summed E-state index contributed by atoms with van der Waals surface area (Å²) in [6.07, 6.45) is 0. The van der Waals surface area contributed by atoms with E-state index in [1.54, 1.807) is 42.5 Å². The Balaban J connectivity index is 1.68. The van der Waals surface area contributed by atoms with Gasteiger partial charge in [-0.15, -0.1) is 0 Å². The molecule has 27 heavy (non-hydrogen) atoms. The van der Waals surface area contributed by atoms with Crippen molar-refractivity contribution in [1.29, 1.82) is 0 Å². The number of nitrogens with one attached hydrogen (secondary N) is 1. The Morgan fingerprint density at radius 2 is 1.85 bits per heavy atom. The quantitative estimate of drug-likeness (QED) is 0.438. The maximum absolute atomic E-state index is 12.6. The van der Waals surface area contributed by atoms with Crippen molar-refractivity contribution in [3.05, 3.63) is 81.8 Å². The molecule has 1 heterocycles. The van der Waals surface area contributed by atoms with E-state index in [2.05, 4.69) is 10.3 Å². The van der Waals surface area contributed by atoms with Crippen LogP contribution in [0.2, 0.25) is 10.0 Å². The lowest BCUT2D eigenvalue weighted by Crippen LogP contribution is -2.13. The van der Waals surface area contributed by atoms with Crippen LogP contribution >= 0.6 is 23.2 Å². The Morgan fingerprint density at radius 1 is 1.04 bits per heavy atom. The molecule has 4 nitrogen and oxygen atoms in total. The Kier molecular flexibility index (Phi) is 4.60. The minimum Gasteiger partial charge on any atom is -0.436 e. The number of fused-ring (bicyclic) bond motifs is 1. The van der Waals surface area contributed by atoms with Crippen LogP contribution in [0.1, 0.15) is 15.9 Å². The average molecular weight is 397 g/mol.